The molecule has 3 atom stereocenters. The van der Waals surface area contributed by atoms with E-state index < -0.39 is 0 Å². The van der Waals surface area contributed by atoms with E-state index in [0.29, 0.717) is 12.0 Å². The first-order chi connectivity index (χ1) is 8.69. The minimum atomic E-state index is -0.343. The molecule has 0 aromatic heterocycles. The summed E-state index contributed by atoms with van der Waals surface area (Å²) in [5.74, 6) is 0.684. The molecule has 96 valence electrons. The van der Waals surface area contributed by atoms with Gasteiger partial charge < -0.3 is 10.6 Å². The number of nitrogens with one attached hydrogen (secondary N) is 2. The number of benzene rings is 1. The molecule has 1 saturated carbocycles. The molecule has 2 aliphatic rings. The first-order valence-corrected chi connectivity index (χ1v) is 6.80. The Hall–Kier alpha value is -1.35. The molecule has 0 radical (unpaired) electrons. The molecule has 18 heavy (non-hydrogen) atoms. The Morgan fingerprint density at radius 3 is 2.83 bits per heavy atom. The highest BCUT2D eigenvalue weighted by Gasteiger charge is 2.43. The molecule has 2 fully saturated rings. The maximum absolute atomic E-state index is 12.2. The van der Waals surface area contributed by atoms with Crippen LogP contribution in [0.2, 0.25) is 0 Å². The van der Waals surface area contributed by atoms with Crippen molar-refractivity contribution in [1.82, 2.24) is 10.6 Å². The van der Waals surface area contributed by atoms with Crippen molar-refractivity contribution in [2.45, 2.75) is 43.7 Å². The summed E-state index contributed by atoms with van der Waals surface area (Å²) < 4.78 is 0. The van der Waals surface area contributed by atoms with Crippen molar-refractivity contribution >= 4 is 5.91 Å². The number of hydrogen-bond donors (Lipinski definition) is 2. The molecule has 0 spiro atoms. The molecule has 1 heterocycles. The summed E-state index contributed by atoms with van der Waals surface area (Å²) in [4.78, 5) is 12.2. The normalized spacial score (nSPS) is 34.3. The Labute approximate surface area is 108 Å². The molecule has 1 aromatic rings. The van der Waals surface area contributed by atoms with Gasteiger partial charge in [-0.05, 0) is 38.3 Å². The number of amides is 1. The third-order valence-corrected chi connectivity index (χ3v) is 4.20. The second-order valence-corrected chi connectivity index (χ2v) is 5.70. The molecule has 0 bridgehead atoms. The summed E-state index contributed by atoms with van der Waals surface area (Å²) in [5.41, 5.74) is 0.997. The summed E-state index contributed by atoms with van der Waals surface area (Å²) in [5, 5.41) is 6.49. The summed E-state index contributed by atoms with van der Waals surface area (Å²) >= 11 is 0. The van der Waals surface area contributed by atoms with E-state index in [1.807, 2.05) is 13.0 Å². The highest BCUT2D eigenvalue weighted by atomic mass is 16.2. The second-order valence-electron chi connectivity index (χ2n) is 5.70. The van der Waals surface area contributed by atoms with Gasteiger partial charge in [-0.15, -0.1) is 0 Å². The SMILES string of the molecule is CC1(C(=O)NC2CC2c2ccccc2)CCCN1. The Morgan fingerprint density at radius 1 is 1.39 bits per heavy atom. The highest BCUT2D eigenvalue weighted by Crippen LogP contribution is 2.41. The lowest BCUT2D eigenvalue weighted by Crippen LogP contribution is -2.51. The van der Waals surface area contributed by atoms with Gasteiger partial charge in [-0.25, -0.2) is 0 Å². The van der Waals surface area contributed by atoms with E-state index in [0.717, 1.165) is 25.8 Å². The monoisotopic (exact) mass is 244 g/mol. The number of carbonyl (C=O) groups is 1. The van der Waals surface area contributed by atoms with Crippen LogP contribution in [0, 0.1) is 0 Å². The molecule has 1 amide bonds. The third kappa shape index (κ3) is 2.15. The van der Waals surface area contributed by atoms with Crippen LogP contribution in [-0.4, -0.2) is 24.0 Å². The summed E-state index contributed by atoms with van der Waals surface area (Å²) in [7, 11) is 0. The molecule has 3 heteroatoms. The lowest BCUT2D eigenvalue weighted by atomic mass is 9.99. The molecule has 1 aliphatic heterocycles. The van der Waals surface area contributed by atoms with Crippen LogP contribution in [-0.2, 0) is 4.79 Å². The van der Waals surface area contributed by atoms with Crippen LogP contribution in [0.15, 0.2) is 30.3 Å². The van der Waals surface area contributed by atoms with Crippen molar-refractivity contribution in [1.29, 1.82) is 0 Å². The first-order valence-electron chi connectivity index (χ1n) is 6.80. The number of hydrogen-bond acceptors (Lipinski definition) is 2. The van der Waals surface area contributed by atoms with E-state index in [1.54, 1.807) is 0 Å². The lowest BCUT2D eigenvalue weighted by Gasteiger charge is -2.23. The number of rotatable bonds is 3. The smallest absolute Gasteiger partial charge is 0.240 e. The zero-order chi connectivity index (χ0) is 12.6. The van der Waals surface area contributed by atoms with Gasteiger partial charge in [0.2, 0.25) is 5.91 Å². The van der Waals surface area contributed by atoms with E-state index in [2.05, 4.69) is 34.9 Å². The fraction of sp³-hybridized carbons (Fsp3) is 0.533. The van der Waals surface area contributed by atoms with E-state index in [1.165, 1.54) is 5.56 Å². The average Bonchev–Trinajstić information content (AvgIpc) is 3.01. The van der Waals surface area contributed by atoms with E-state index in [-0.39, 0.29) is 11.4 Å². The van der Waals surface area contributed by atoms with Gasteiger partial charge in [0, 0.05) is 12.0 Å². The predicted molar refractivity (Wildman–Crippen MR) is 71.4 cm³/mol. The van der Waals surface area contributed by atoms with Crippen LogP contribution in [0.25, 0.3) is 0 Å². The third-order valence-electron chi connectivity index (χ3n) is 4.20. The summed E-state index contributed by atoms with van der Waals surface area (Å²) in [6.45, 7) is 2.96. The van der Waals surface area contributed by atoms with Gasteiger partial charge in [0.1, 0.15) is 0 Å². The molecule has 1 saturated heterocycles. The molecule has 3 nitrogen and oxygen atoms in total. The van der Waals surface area contributed by atoms with Crippen LogP contribution >= 0.6 is 0 Å². The lowest BCUT2D eigenvalue weighted by molar-refractivity contribution is -0.126. The largest absolute Gasteiger partial charge is 0.351 e. The number of carbonyl (C=O) groups excluding carboxylic acids is 1. The Bertz CT molecular complexity index is 437. The molecule has 1 aromatic carbocycles. The molecule has 2 N–H and O–H groups in total. The Morgan fingerprint density at radius 2 is 2.17 bits per heavy atom. The van der Waals surface area contributed by atoms with Crippen LogP contribution < -0.4 is 10.6 Å². The van der Waals surface area contributed by atoms with Gasteiger partial charge in [-0.1, -0.05) is 30.3 Å². The fourth-order valence-electron chi connectivity index (χ4n) is 2.84. The van der Waals surface area contributed by atoms with Crippen molar-refractivity contribution in [2.24, 2.45) is 0 Å². The Kier molecular flexibility index (Phi) is 2.86. The maximum Gasteiger partial charge on any atom is 0.240 e. The average molecular weight is 244 g/mol. The predicted octanol–water partition coefficient (Wildman–Crippen LogP) is 1.80. The summed E-state index contributed by atoms with van der Waals surface area (Å²) in [6, 6.07) is 10.8. The highest BCUT2D eigenvalue weighted by molar-refractivity contribution is 5.86. The first kappa shape index (κ1) is 11.7. The van der Waals surface area contributed by atoms with Crippen molar-refractivity contribution in [2.75, 3.05) is 6.54 Å². The quantitative estimate of drug-likeness (QED) is 0.851. The molecule has 3 rings (SSSR count). The maximum atomic E-state index is 12.2. The molecule has 3 unspecified atom stereocenters. The van der Waals surface area contributed by atoms with Gasteiger partial charge in [-0.3, -0.25) is 4.79 Å². The van der Waals surface area contributed by atoms with Crippen LogP contribution in [0.3, 0.4) is 0 Å². The van der Waals surface area contributed by atoms with Crippen molar-refractivity contribution in [3.05, 3.63) is 35.9 Å². The van der Waals surface area contributed by atoms with Gasteiger partial charge in [0.05, 0.1) is 5.54 Å². The van der Waals surface area contributed by atoms with Crippen LogP contribution in [0.1, 0.15) is 37.7 Å². The Balaban J connectivity index is 1.58. The van der Waals surface area contributed by atoms with Gasteiger partial charge in [-0.2, -0.15) is 0 Å². The standard InChI is InChI=1S/C15H20N2O/c1-15(8-5-9-16-15)14(18)17-13-10-12(13)11-6-3-2-4-7-11/h2-4,6-7,12-13,16H,5,8-10H2,1H3,(H,17,18). The van der Waals surface area contributed by atoms with E-state index in [4.69, 9.17) is 0 Å². The minimum Gasteiger partial charge on any atom is -0.351 e. The van der Waals surface area contributed by atoms with E-state index >= 15 is 0 Å². The van der Waals surface area contributed by atoms with Gasteiger partial charge in [0.15, 0.2) is 0 Å². The van der Waals surface area contributed by atoms with Crippen molar-refractivity contribution < 1.29 is 4.79 Å². The van der Waals surface area contributed by atoms with Crippen LogP contribution in [0.4, 0.5) is 0 Å². The summed E-state index contributed by atoms with van der Waals surface area (Å²) in [6.07, 6.45) is 3.12. The fourth-order valence-corrected chi connectivity index (χ4v) is 2.84. The topological polar surface area (TPSA) is 41.1 Å². The van der Waals surface area contributed by atoms with Crippen molar-refractivity contribution in [3.8, 4) is 0 Å². The molecule has 1 aliphatic carbocycles. The van der Waals surface area contributed by atoms with Gasteiger partial charge in [0.25, 0.3) is 0 Å². The second kappa shape index (κ2) is 4.39. The minimum absolute atomic E-state index is 0.170. The van der Waals surface area contributed by atoms with E-state index in [9.17, 15) is 4.79 Å². The van der Waals surface area contributed by atoms with Gasteiger partial charge >= 0.3 is 0 Å². The molecular formula is C15H20N2O. The zero-order valence-corrected chi connectivity index (χ0v) is 10.8. The molecular weight excluding hydrogens is 224 g/mol. The van der Waals surface area contributed by atoms with Crippen LogP contribution in [0.5, 0.6) is 0 Å². The van der Waals surface area contributed by atoms with Crippen molar-refractivity contribution in [3.63, 3.8) is 0 Å². The zero-order valence-electron chi connectivity index (χ0n) is 10.8.